The maximum Gasteiger partial charge on any atom is 0.127 e. The SMILES string of the molecule is CC(C)C.Cc1ccc2c(OC3CCCCC3)cccc2c1. The van der Waals surface area contributed by atoms with Crippen LogP contribution in [0, 0.1) is 12.8 Å². The standard InChI is InChI=1S/C17H20O.C4H10/c1-13-10-11-16-14(12-13)6-5-9-17(16)18-15-7-3-2-4-8-15;1-4(2)3/h5-6,9-12,15H,2-4,7-8H2,1H3;4H,1-3H3. The molecule has 1 aliphatic carbocycles. The Kier molecular flexibility index (Phi) is 6.30. The summed E-state index contributed by atoms with van der Waals surface area (Å²) in [4.78, 5) is 0. The van der Waals surface area contributed by atoms with Gasteiger partial charge in [-0.3, -0.25) is 0 Å². The molecule has 0 unspecified atom stereocenters. The molecule has 0 saturated heterocycles. The van der Waals surface area contributed by atoms with Crippen molar-refractivity contribution in [1.29, 1.82) is 0 Å². The van der Waals surface area contributed by atoms with Gasteiger partial charge in [0.2, 0.25) is 0 Å². The minimum atomic E-state index is 0.422. The Labute approximate surface area is 135 Å². The van der Waals surface area contributed by atoms with Gasteiger partial charge in [-0.25, -0.2) is 0 Å². The number of ether oxygens (including phenoxy) is 1. The van der Waals surface area contributed by atoms with Crippen LogP contribution in [0.25, 0.3) is 10.8 Å². The first-order chi connectivity index (χ1) is 10.6. The van der Waals surface area contributed by atoms with Crippen LogP contribution in [0.5, 0.6) is 5.75 Å². The van der Waals surface area contributed by atoms with E-state index in [-0.39, 0.29) is 0 Å². The van der Waals surface area contributed by atoms with Crippen molar-refractivity contribution in [2.75, 3.05) is 0 Å². The lowest BCUT2D eigenvalue weighted by molar-refractivity contribution is 0.157. The van der Waals surface area contributed by atoms with Crippen LogP contribution in [-0.4, -0.2) is 6.10 Å². The second-order valence-electron chi connectivity index (χ2n) is 7.09. The molecule has 2 aromatic rings. The number of hydrogen-bond donors (Lipinski definition) is 0. The van der Waals surface area contributed by atoms with Crippen molar-refractivity contribution < 1.29 is 4.74 Å². The largest absolute Gasteiger partial charge is 0.490 e. The molecular formula is C21H30O. The van der Waals surface area contributed by atoms with Crippen LogP contribution in [0.1, 0.15) is 58.4 Å². The van der Waals surface area contributed by atoms with E-state index < -0.39 is 0 Å². The molecular weight excluding hydrogens is 268 g/mol. The molecule has 0 atom stereocenters. The Bertz CT molecular complexity index is 577. The maximum absolute atomic E-state index is 6.21. The van der Waals surface area contributed by atoms with Crippen LogP contribution in [0.3, 0.4) is 0 Å². The molecule has 2 aromatic carbocycles. The Balaban J connectivity index is 0.000000396. The predicted molar refractivity (Wildman–Crippen MR) is 96.7 cm³/mol. The second kappa shape index (κ2) is 8.22. The molecule has 0 amide bonds. The summed E-state index contributed by atoms with van der Waals surface area (Å²) in [6, 6.07) is 12.9. The highest BCUT2D eigenvalue weighted by atomic mass is 16.5. The van der Waals surface area contributed by atoms with Gasteiger partial charge in [0.15, 0.2) is 0 Å². The van der Waals surface area contributed by atoms with Gasteiger partial charge in [-0.05, 0) is 50.0 Å². The Morgan fingerprint density at radius 2 is 1.64 bits per heavy atom. The molecule has 0 bridgehead atoms. The lowest BCUT2D eigenvalue weighted by Crippen LogP contribution is -2.19. The summed E-state index contributed by atoms with van der Waals surface area (Å²) >= 11 is 0. The van der Waals surface area contributed by atoms with Crippen molar-refractivity contribution in [2.24, 2.45) is 5.92 Å². The zero-order valence-electron chi connectivity index (χ0n) is 14.6. The van der Waals surface area contributed by atoms with Gasteiger partial charge in [0.1, 0.15) is 5.75 Å². The molecule has 3 rings (SSSR count). The summed E-state index contributed by atoms with van der Waals surface area (Å²) < 4.78 is 6.21. The minimum absolute atomic E-state index is 0.422. The van der Waals surface area contributed by atoms with E-state index in [1.807, 2.05) is 0 Å². The molecule has 1 nitrogen and oxygen atoms in total. The number of rotatable bonds is 2. The average molecular weight is 298 g/mol. The number of fused-ring (bicyclic) bond motifs is 1. The zero-order chi connectivity index (χ0) is 15.9. The zero-order valence-corrected chi connectivity index (χ0v) is 14.6. The number of aryl methyl sites for hydroxylation is 1. The average Bonchev–Trinajstić information content (AvgIpc) is 2.47. The Hall–Kier alpha value is -1.50. The summed E-state index contributed by atoms with van der Waals surface area (Å²) in [5.74, 6) is 1.89. The monoisotopic (exact) mass is 298 g/mol. The molecule has 120 valence electrons. The van der Waals surface area contributed by atoms with Gasteiger partial charge in [0.25, 0.3) is 0 Å². The minimum Gasteiger partial charge on any atom is -0.490 e. The van der Waals surface area contributed by atoms with E-state index in [2.05, 4.69) is 64.1 Å². The van der Waals surface area contributed by atoms with E-state index in [0.29, 0.717) is 6.10 Å². The Morgan fingerprint density at radius 3 is 2.32 bits per heavy atom. The van der Waals surface area contributed by atoms with Crippen LogP contribution in [-0.2, 0) is 0 Å². The third-order valence-electron chi connectivity index (χ3n) is 3.84. The summed E-state index contributed by atoms with van der Waals surface area (Å²) in [7, 11) is 0. The first-order valence-corrected chi connectivity index (χ1v) is 8.72. The van der Waals surface area contributed by atoms with Gasteiger partial charge in [-0.15, -0.1) is 0 Å². The highest BCUT2D eigenvalue weighted by molar-refractivity contribution is 5.88. The molecule has 1 aliphatic rings. The normalized spacial score (nSPS) is 15.5. The molecule has 1 fully saturated rings. The van der Waals surface area contributed by atoms with Gasteiger partial charge in [-0.1, -0.05) is 63.1 Å². The van der Waals surface area contributed by atoms with Crippen LogP contribution < -0.4 is 4.74 Å². The molecule has 0 spiro atoms. The van der Waals surface area contributed by atoms with Gasteiger partial charge in [0, 0.05) is 5.39 Å². The third-order valence-corrected chi connectivity index (χ3v) is 3.84. The van der Waals surface area contributed by atoms with Crippen molar-refractivity contribution >= 4 is 10.8 Å². The number of hydrogen-bond acceptors (Lipinski definition) is 1. The fourth-order valence-electron chi connectivity index (χ4n) is 2.84. The fraction of sp³-hybridized carbons (Fsp3) is 0.524. The first-order valence-electron chi connectivity index (χ1n) is 8.72. The van der Waals surface area contributed by atoms with Gasteiger partial charge >= 0.3 is 0 Å². The smallest absolute Gasteiger partial charge is 0.127 e. The van der Waals surface area contributed by atoms with Crippen LogP contribution >= 0.6 is 0 Å². The third kappa shape index (κ3) is 5.05. The van der Waals surface area contributed by atoms with E-state index in [1.54, 1.807) is 0 Å². The Morgan fingerprint density at radius 1 is 0.955 bits per heavy atom. The summed E-state index contributed by atoms with van der Waals surface area (Å²) in [5.41, 5.74) is 1.30. The topological polar surface area (TPSA) is 9.23 Å². The molecule has 0 aromatic heterocycles. The highest BCUT2D eigenvalue weighted by Crippen LogP contribution is 2.30. The summed E-state index contributed by atoms with van der Waals surface area (Å²) in [6.45, 7) is 8.63. The number of benzene rings is 2. The molecule has 0 heterocycles. The van der Waals surface area contributed by atoms with E-state index in [4.69, 9.17) is 4.74 Å². The predicted octanol–water partition coefficient (Wildman–Crippen LogP) is 6.52. The van der Waals surface area contributed by atoms with Crippen LogP contribution in [0.2, 0.25) is 0 Å². The van der Waals surface area contributed by atoms with E-state index in [0.717, 1.165) is 11.7 Å². The van der Waals surface area contributed by atoms with Crippen LogP contribution in [0.15, 0.2) is 36.4 Å². The fourth-order valence-corrected chi connectivity index (χ4v) is 2.84. The van der Waals surface area contributed by atoms with Crippen molar-refractivity contribution in [3.8, 4) is 5.75 Å². The van der Waals surface area contributed by atoms with Crippen LogP contribution in [0.4, 0.5) is 0 Å². The van der Waals surface area contributed by atoms with Crippen molar-refractivity contribution in [2.45, 2.75) is 65.9 Å². The lowest BCUT2D eigenvalue weighted by atomic mass is 9.97. The first kappa shape index (κ1) is 16.9. The van der Waals surface area contributed by atoms with Crippen molar-refractivity contribution in [1.82, 2.24) is 0 Å². The van der Waals surface area contributed by atoms with E-state index >= 15 is 0 Å². The van der Waals surface area contributed by atoms with Gasteiger partial charge in [0.05, 0.1) is 6.10 Å². The molecule has 1 saturated carbocycles. The molecule has 1 heteroatoms. The lowest BCUT2D eigenvalue weighted by Gasteiger charge is -2.23. The van der Waals surface area contributed by atoms with E-state index in [9.17, 15) is 0 Å². The maximum atomic E-state index is 6.21. The summed E-state index contributed by atoms with van der Waals surface area (Å²) in [6.07, 6.45) is 6.84. The second-order valence-corrected chi connectivity index (χ2v) is 7.09. The summed E-state index contributed by atoms with van der Waals surface area (Å²) in [5, 5.41) is 2.52. The van der Waals surface area contributed by atoms with Gasteiger partial charge in [-0.2, -0.15) is 0 Å². The van der Waals surface area contributed by atoms with Gasteiger partial charge < -0.3 is 4.74 Å². The molecule has 0 aliphatic heterocycles. The molecule has 0 radical (unpaired) electrons. The molecule has 0 N–H and O–H groups in total. The van der Waals surface area contributed by atoms with Crippen molar-refractivity contribution in [3.05, 3.63) is 42.0 Å². The molecule has 22 heavy (non-hydrogen) atoms. The quantitative estimate of drug-likeness (QED) is 0.613. The highest BCUT2D eigenvalue weighted by Gasteiger charge is 2.15. The van der Waals surface area contributed by atoms with E-state index in [1.165, 1.54) is 48.4 Å². The van der Waals surface area contributed by atoms with Crippen molar-refractivity contribution in [3.63, 3.8) is 0 Å².